The highest BCUT2D eigenvalue weighted by Crippen LogP contribution is 2.21. The first-order valence-electron chi connectivity index (χ1n) is 6.73. The number of aryl methyl sites for hydroxylation is 1. The Morgan fingerprint density at radius 1 is 1.42 bits per heavy atom. The van der Waals surface area contributed by atoms with Gasteiger partial charge in [-0.15, -0.1) is 10.2 Å². The summed E-state index contributed by atoms with van der Waals surface area (Å²) in [6, 6.07) is 2.43. The molecule has 0 saturated carbocycles. The summed E-state index contributed by atoms with van der Waals surface area (Å²) in [5.41, 5.74) is -0.370. The maximum Gasteiger partial charge on any atom is 0.190 e. The number of aromatic nitrogens is 3. The summed E-state index contributed by atoms with van der Waals surface area (Å²) >= 11 is 1.70. The molecule has 0 saturated heterocycles. The van der Waals surface area contributed by atoms with Gasteiger partial charge in [-0.2, -0.15) is 5.26 Å². The topological polar surface area (TPSA) is 66.5 Å². The van der Waals surface area contributed by atoms with E-state index in [0.717, 1.165) is 42.5 Å². The van der Waals surface area contributed by atoms with Crippen molar-refractivity contribution in [2.24, 2.45) is 7.05 Å². The number of hydrogen-bond acceptors (Lipinski definition) is 5. The van der Waals surface area contributed by atoms with Crippen molar-refractivity contribution < 1.29 is 0 Å². The van der Waals surface area contributed by atoms with Gasteiger partial charge in [0.25, 0.3) is 0 Å². The van der Waals surface area contributed by atoms with Crippen LogP contribution in [0.25, 0.3) is 0 Å². The average molecular weight is 281 g/mol. The summed E-state index contributed by atoms with van der Waals surface area (Å²) in [4.78, 5) is 0. The molecule has 1 heterocycles. The maximum absolute atomic E-state index is 9.33. The van der Waals surface area contributed by atoms with Gasteiger partial charge in [-0.3, -0.25) is 5.32 Å². The van der Waals surface area contributed by atoms with Gasteiger partial charge in [-0.25, -0.2) is 0 Å². The summed E-state index contributed by atoms with van der Waals surface area (Å²) < 4.78 is 1.99. The molecular weight excluding hydrogens is 258 g/mol. The fourth-order valence-corrected chi connectivity index (χ4v) is 2.85. The monoisotopic (exact) mass is 281 g/mol. The molecule has 1 aromatic rings. The van der Waals surface area contributed by atoms with Crippen molar-refractivity contribution in [3.8, 4) is 6.07 Å². The van der Waals surface area contributed by atoms with Gasteiger partial charge in [0, 0.05) is 12.8 Å². The molecule has 0 spiro atoms. The molecule has 0 aliphatic carbocycles. The van der Waals surface area contributed by atoms with Gasteiger partial charge in [0.15, 0.2) is 5.16 Å². The van der Waals surface area contributed by atoms with Crippen LogP contribution in [0.15, 0.2) is 5.16 Å². The van der Waals surface area contributed by atoms with Gasteiger partial charge in [0.05, 0.1) is 6.07 Å². The van der Waals surface area contributed by atoms with Crippen LogP contribution < -0.4 is 5.32 Å². The van der Waals surface area contributed by atoms with E-state index in [1.165, 1.54) is 0 Å². The molecule has 1 aromatic heterocycles. The van der Waals surface area contributed by atoms with Crippen LogP contribution in [0.2, 0.25) is 0 Å². The van der Waals surface area contributed by atoms with Crippen LogP contribution in [-0.2, 0) is 7.05 Å². The molecule has 0 radical (unpaired) electrons. The quantitative estimate of drug-likeness (QED) is 0.585. The Morgan fingerprint density at radius 2 is 2.16 bits per heavy atom. The van der Waals surface area contributed by atoms with Crippen LogP contribution in [0.4, 0.5) is 0 Å². The van der Waals surface area contributed by atoms with Gasteiger partial charge in [0.1, 0.15) is 11.4 Å². The molecule has 106 valence electrons. The van der Waals surface area contributed by atoms with Crippen molar-refractivity contribution in [3.05, 3.63) is 5.82 Å². The van der Waals surface area contributed by atoms with Gasteiger partial charge in [-0.1, -0.05) is 25.6 Å². The number of thioether (sulfide) groups is 1. The highest BCUT2D eigenvalue weighted by Gasteiger charge is 2.25. The van der Waals surface area contributed by atoms with Crippen molar-refractivity contribution in [2.75, 3.05) is 12.3 Å². The van der Waals surface area contributed by atoms with E-state index in [-0.39, 0.29) is 5.54 Å². The lowest BCUT2D eigenvalue weighted by molar-refractivity contribution is 0.379. The van der Waals surface area contributed by atoms with Crippen molar-refractivity contribution in [1.82, 2.24) is 20.1 Å². The lowest BCUT2D eigenvalue weighted by atomic mass is 9.92. The minimum atomic E-state index is -0.370. The smallest absolute Gasteiger partial charge is 0.190 e. The fourth-order valence-electron chi connectivity index (χ4n) is 1.95. The van der Waals surface area contributed by atoms with E-state index in [1.54, 1.807) is 11.8 Å². The van der Waals surface area contributed by atoms with Crippen LogP contribution in [0.1, 0.15) is 38.9 Å². The Morgan fingerprint density at radius 3 is 2.63 bits per heavy atom. The number of nitrogens with one attached hydrogen (secondary N) is 1. The molecular formula is C13H23N5S. The van der Waals surface area contributed by atoms with E-state index in [0.29, 0.717) is 0 Å². The van der Waals surface area contributed by atoms with E-state index < -0.39 is 0 Å². The minimum absolute atomic E-state index is 0.370. The molecule has 6 heteroatoms. The molecule has 0 amide bonds. The zero-order chi connectivity index (χ0) is 14.3. The predicted molar refractivity (Wildman–Crippen MR) is 78.0 cm³/mol. The first-order chi connectivity index (χ1) is 9.08. The molecule has 1 N–H and O–H groups in total. The van der Waals surface area contributed by atoms with Crippen molar-refractivity contribution in [2.45, 2.75) is 50.7 Å². The molecule has 0 aromatic carbocycles. The van der Waals surface area contributed by atoms with Crippen LogP contribution >= 0.6 is 11.8 Å². The Bertz CT molecular complexity index is 437. The normalized spacial score (nSPS) is 14.1. The third kappa shape index (κ3) is 4.22. The zero-order valence-corrected chi connectivity index (χ0v) is 13.0. The zero-order valence-electron chi connectivity index (χ0n) is 12.2. The van der Waals surface area contributed by atoms with Gasteiger partial charge >= 0.3 is 0 Å². The highest BCUT2D eigenvalue weighted by molar-refractivity contribution is 7.99. The summed E-state index contributed by atoms with van der Waals surface area (Å²) in [6.45, 7) is 6.88. The first kappa shape index (κ1) is 16.0. The average Bonchev–Trinajstić information content (AvgIpc) is 2.74. The fraction of sp³-hybridized carbons (Fsp3) is 0.769. The Labute approximate surface area is 119 Å². The number of nitriles is 1. The molecule has 5 nitrogen and oxygen atoms in total. The molecule has 1 rings (SSSR count). The lowest BCUT2D eigenvalue weighted by Gasteiger charge is -2.25. The summed E-state index contributed by atoms with van der Waals surface area (Å²) in [5.74, 6) is 1.89. The second-order valence-corrected chi connectivity index (χ2v) is 5.68. The van der Waals surface area contributed by atoms with Crippen molar-refractivity contribution in [1.29, 1.82) is 5.26 Å². The van der Waals surface area contributed by atoms with Crippen molar-refractivity contribution in [3.63, 3.8) is 0 Å². The summed E-state index contributed by atoms with van der Waals surface area (Å²) in [5, 5.41) is 21.7. The Balaban J connectivity index is 2.41. The molecule has 0 aliphatic rings. The second-order valence-electron chi connectivity index (χ2n) is 4.62. The third-order valence-corrected chi connectivity index (χ3v) is 4.47. The van der Waals surface area contributed by atoms with E-state index in [9.17, 15) is 5.26 Å². The van der Waals surface area contributed by atoms with E-state index >= 15 is 0 Å². The summed E-state index contributed by atoms with van der Waals surface area (Å²) in [6.07, 6.45) is 2.70. The largest absolute Gasteiger partial charge is 0.309 e. The maximum atomic E-state index is 9.33. The molecule has 1 unspecified atom stereocenters. The van der Waals surface area contributed by atoms with Crippen LogP contribution in [0.3, 0.4) is 0 Å². The second kappa shape index (κ2) is 7.51. The Kier molecular flexibility index (Phi) is 6.32. The molecule has 0 aliphatic heterocycles. The van der Waals surface area contributed by atoms with E-state index in [4.69, 9.17) is 0 Å². The predicted octanol–water partition coefficient (Wildman–Crippen LogP) is 2.28. The van der Waals surface area contributed by atoms with Gasteiger partial charge in [-0.05, 0) is 32.7 Å². The van der Waals surface area contributed by atoms with Crippen LogP contribution in [0.5, 0.6) is 0 Å². The number of nitrogens with zero attached hydrogens (tertiary/aromatic N) is 4. The highest BCUT2D eigenvalue weighted by atomic mass is 32.2. The molecule has 1 atom stereocenters. The number of rotatable bonds is 8. The van der Waals surface area contributed by atoms with Crippen LogP contribution in [-0.4, -0.2) is 32.6 Å². The summed E-state index contributed by atoms with van der Waals surface area (Å²) in [7, 11) is 1.97. The van der Waals surface area contributed by atoms with E-state index in [1.807, 2.05) is 25.5 Å². The van der Waals surface area contributed by atoms with Crippen LogP contribution in [0, 0.1) is 18.3 Å². The lowest BCUT2D eigenvalue weighted by Crippen LogP contribution is -2.43. The standard InChI is InChI=1S/C13H23N5S/c1-5-13(10-14,15-6-2)8-7-9-19-12-17-16-11(3)18(12)4/h15H,5-9H2,1-4H3. The first-order valence-corrected chi connectivity index (χ1v) is 7.72. The van der Waals surface area contributed by atoms with Gasteiger partial charge in [0.2, 0.25) is 0 Å². The Hall–Kier alpha value is -1.06. The minimum Gasteiger partial charge on any atom is -0.309 e. The molecule has 19 heavy (non-hydrogen) atoms. The molecule has 0 bridgehead atoms. The number of hydrogen-bond donors (Lipinski definition) is 1. The van der Waals surface area contributed by atoms with Gasteiger partial charge < -0.3 is 4.57 Å². The molecule has 0 fully saturated rings. The third-order valence-electron chi connectivity index (χ3n) is 3.36. The van der Waals surface area contributed by atoms with E-state index in [2.05, 4.69) is 28.5 Å². The van der Waals surface area contributed by atoms with Crippen molar-refractivity contribution >= 4 is 11.8 Å². The SMILES string of the molecule is CCNC(C#N)(CC)CCCSc1nnc(C)n1C.